The van der Waals surface area contributed by atoms with Gasteiger partial charge in [0.2, 0.25) is 10.0 Å². The van der Waals surface area contributed by atoms with Crippen molar-refractivity contribution in [3.63, 3.8) is 0 Å². The second kappa shape index (κ2) is 7.85. The van der Waals surface area contributed by atoms with Crippen LogP contribution in [0.4, 0.5) is 0 Å². The molecule has 1 aromatic heterocycles. The molecule has 0 aliphatic carbocycles. The quantitative estimate of drug-likeness (QED) is 0.729. The van der Waals surface area contributed by atoms with Crippen molar-refractivity contribution >= 4 is 27.3 Å². The van der Waals surface area contributed by atoms with Crippen LogP contribution >= 0.6 is 11.3 Å². The minimum absolute atomic E-state index is 0.0673. The van der Waals surface area contributed by atoms with Gasteiger partial charge in [0.25, 0.3) is 0 Å². The fourth-order valence-corrected chi connectivity index (χ4v) is 5.49. The summed E-state index contributed by atoms with van der Waals surface area (Å²) in [7, 11) is -2.25. The van der Waals surface area contributed by atoms with E-state index in [0.29, 0.717) is 24.6 Å². The summed E-state index contributed by atoms with van der Waals surface area (Å²) in [6, 6.07) is 4.94. The number of sulfonamides is 1. The first-order valence-electron chi connectivity index (χ1n) is 8.47. The van der Waals surface area contributed by atoms with Crippen LogP contribution in [0.3, 0.4) is 0 Å². The maximum atomic E-state index is 13.0. The first kappa shape index (κ1) is 19.0. The van der Waals surface area contributed by atoms with E-state index >= 15 is 0 Å². The Morgan fingerprint density at radius 1 is 1.35 bits per heavy atom. The summed E-state index contributed by atoms with van der Waals surface area (Å²) >= 11 is 1.62. The van der Waals surface area contributed by atoms with E-state index in [1.54, 1.807) is 35.7 Å². The number of rotatable bonds is 5. The lowest BCUT2D eigenvalue weighted by Gasteiger charge is -2.30. The van der Waals surface area contributed by atoms with Gasteiger partial charge < -0.3 is 4.74 Å². The molecular formula is C18H22N2O4S2. The third-order valence-corrected chi connectivity index (χ3v) is 7.61. The highest BCUT2D eigenvalue weighted by atomic mass is 32.2. The van der Waals surface area contributed by atoms with Crippen LogP contribution in [0.2, 0.25) is 0 Å². The molecule has 26 heavy (non-hydrogen) atoms. The molecule has 0 bridgehead atoms. The normalized spacial score (nSPS) is 16.5. The van der Waals surface area contributed by atoms with Crippen molar-refractivity contribution in [1.29, 1.82) is 0 Å². The molecule has 3 rings (SSSR count). The molecule has 1 fully saturated rings. The predicted molar refractivity (Wildman–Crippen MR) is 99.7 cm³/mol. The number of esters is 1. The summed E-state index contributed by atoms with van der Waals surface area (Å²) in [5.74, 6) is -0.0544. The Hall–Kier alpha value is -1.77. The molecule has 0 amide bonds. The van der Waals surface area contributed by atoms with Crippen LogP contribution in [0, 0.1) is 6.92 Å². The largest absolute Gasteiger partial charge is 0.469 e. The smallest absolute Gasteiger partial charge is 0.309 e. The zero-order valence-corrected chi connectivity index (χ0v) is 16.5. The number of carbonyl (C=O) groups is 1. The Morgan fingerprint density at radius 2 is 2.08 bits per heavy atom. The number of benzene rings is 1. The van der Waals surface area contributed by atoms with Crippen LogP contribution in [0.25, 0.3) is 0 Å². The first-order valence-corrected chi connectivity index (χ1v) is 10.8. The third kappa shape index (κ3) is 3.97. The number of hydrogen-bond donors (Lipinski definition) is 0. The Morgan fingerprint density at radius 3 is 2.69 bits per heavy atom. The molecule has 1 aliphatic heterocycles. The number of aryl methyl sites for hydroxylation is 1. The van der Waals surface area contributed by atoms with Gasteiger partial charge in [-0.05, 0) is 43.0 Å². The van der Waals surface area contributed by atoms with Crippen molar-refractivity contribution in [3.8, 4) is 0 Å². The highest BCUT2D eigenvalue weighted by Crippen LogP contribution is 2.32. The summed E-state index contributed by atoms with van der Waals surface area (Å²) in [4.78, 5) is 16.1. The topological polar surface area (TPSA) is 76.6 Å². The van der Waals surface area contributed by atoms with E-state index in [0.717, 1.165) is 23.4 Å². The summed E-state index contributed by atoms with van der Waals surface area (Å²) in [5.41, 5.74) is 1.55. The molecule has 2 heterocycles. The zero-order chi connectivity index (χ0) is 18.7. The van der Waals surface area contributed by atoms with Gasteiger partial charge in [-0.3, -0.25) is 4.79 Å². The highest BCUT2D eigenvalue weighted by molar-refractivity contribution is 7.89. The number of hydrogen-bond acceptors (Lipinski definition) is 6. The van der Waals surface area contributed by atoms with Gasteiger partial charge in [-0.25, -0.2) is 13.4 Å². The molecule has 0 N–H and O–H groups in total. The van der Waals surface area contributed by atoms with Crippen LogP contribution in [0.15, 0.2) is 34.7 Å². The van der Waals surface area contributed by atoms with E-state index in [1.807, 2.05) is 12.3 Å². The average Bonchev–Trinajstić information content (AvgIpc) is 3.18. The average molecular weight is 395 g/mol. The minimum Gasteiger partial charge on any atom is -0.469 e. The molecule has 0 unspecified atom stereocenters. The van der Waals surface area contributed by atoms with Gasteiger partial charge in [-0.2, -0.15) is 4.31 Å². The van der Waals surface area contributed by atoms with E-state index in [9.17, 15) is 13.2 Å². The number of methoxy groups -OCH3 is 1. The fraction of sp³-hybridized carbons (Fsp3) is 0.444. The molecule has 1 aliphatic rings. The van der Waals surface area contributed by atoms with E-state index < -0.39 is 10.0 Å². The zero-order valence-electron chi connectivity index (χ0n) is 14.8. The van der Waals surface area contributed by atoms with Crippen LogP contribution in [-0.2, 0) is 26.0 Å². The lowest BCUT2D eigenvalue weighted by Crippen LogP contribution is -2.37. The van der Waals surface area contributed by atoms with Gasteiger partial charge in [0.1, 0.15) is 0 Å². The molecule has 2 aromatic rings. The number of aromatic nitrogens is 1. The molecule has 0 radical (unpaired) electrons. The van der Waals surface area contributed by atoms with Gasteiger partial charge in [0.15, 0.2) is 0 Å². The second-order valence-corrected chi connectivity index (χ2v) is 9.25. The van der Waals surface area contributed by atoms with E-state index in [2.05, 4.69) is 4.98 Å². The van der Waals surface area contributed by atoms with Crippen molar-refractivity contribution in [3.05, 3.63) is 45.9 Å². The molecule has 0 spiro atoms. The number of thiazole rings is 1. The molecule has 6 nitrogen and oxygen atoms in total. The van der Waals surface area contributed by atoms with E-state index in [4.69, 9.17) is 4.74 Å². The second-order valence-electron chi connectivity index (χ2n) is 6.39. The van der Waals surface area contributed by atoms with Gasteiger partial charge >= 0.3 is 5.97 Å². The summed E-state index contributed by atoms with van der Waals surface area (Å²) in [6.07, 6.45) is 3.40. The maximum Gasteiger partial charge on any atom is 0.309 e. The highest BCUT2D eigenvalue weighted by Gasteiger charge is 2.31. The number of piperidine rings is 1. The van der Waals surface area contributed by atoms with Crippen molar-refractivity contribution in [2.75, 3.05) is 20.2 Å². The lowest BCUT2D eigenvalue weighted by molar-refractivity contribution is -0.139. The van der Waals surface area contributed by atoms with Crippen LogP contribution in [0.1, 0.15) is 34.9 Å². The van der Waals surface area contributed by atoms with Crippen molar-refractivity contribution < 1.29 is 17.9 Å². The molecule has 0 saturated carbocycles. The number of ether oxygens (including phenoxy) is 1. The third-order valence-electron chi connectivity index (χ3n) is 4.78. The van der Waals surface area contributed by atoms with Crippen molar-refractivity contribution in [2.24, 2.45) is 0 Å². The number of nitrogens with zero attached hydrogens (tertiary/aromatic N) is 2. The molecular weight excluding hydrogens is 372 g/mol. The Bertz CT molecular complexity index is 871. The molecule has 8 heteroatoms. The maximum absolute atomic E-state index is 13.0. The van der Waals surface area contributed by atoms with E-state index in [1.165, 1.54) is 11.4 Å². The van der Waals surface area contributed by atoms with Gasteiger partial charge in [-0.1, -0.05) is 6.07 Å². The molecule has 1 saturated heterocycles. The summed E-state index contributed by atoms with van der Waals surface area (Å²) < 4.78 is 32.2. The summed E-state index contributed by atoms with van der Waals surface area (Å²) in [6.45, 7) is 2.81. The molecule has 0 atom stereocenters. The van der Waals surface area contributed by atoms with Gasteiger partial charge in [0.05, 0.1) is 23.4 Å². The van der Waals surface area contributed by atoms with Crippen LogP contribution < -0.4 is 0 Å². The Balaban J connectivity index is 1.76. The lowest BCUT2D eigenvalue weighted by atomic mass is 9.99. The molecule has 140 valence electrons. The van der Waals surface area contributed by atoms with Crippen molar-refractivity contribution in [1.82, 2.24) is 9.29 Å². The fourth-order valence-electron chi connectivity index (χ4n) is 3.15. The summed E-state index contributed by atoms with van der Waals surface area (Å²) in [5, 5.41) is 3.03. The van der Waals surface area contributed by atoms with Crippen LogP contribution in [-0.4, -0.2) is 43.9 Å². The minimum atomic E-state index is -3.57. The van der Waals surface area contributed by atoms with Gasteiger partial charge in [-0.15, -0.1) is 11.3 Å². The Kier molecular flexibility index (Phi) is 5.74. The standard InChI is InChI=1S/C18H22N2O4S2/c1-13-3-4-16(11-15(13)12-17(21)24-2)26(22,23)20-8-5-14(6-9-20)18-19-7-10-25-18/h3-4,7,10-11,14H,5-6,8-9,12H2,1-2H3. The monoisotopic (exact) mass is 394 g/mol. The Labute approximate surface area is 157 Å². The van der Waals surface area contributed by atoms with Crippen molar-refractivity contribution in [2.45, 2.75) is 37.0 Å². The van der Waals surface area contributed by atoms with Crippen LogP contribution in [0.5, 0.6) is 0 Å². The predicted octanol–water partition coefficient (Wildman–Crippen LogP) is 2.74. The van der Waals surface area contributed by atoms with Gasteiger partial charge in [0, 0.05) is 30.6 Å². The number of carbonyl (C=O) groups excluding carboxylic acids is 1. The first-order chi connectivity index (χ1) is 12.4. The molecule has 1 aromatic carbocycles. The van der Waals surface area contributed by atoms with E-state index in [-0.39, 0.29) is 17.3 Å². The SMILES string of the molecule is COC(=O)Cc1cc(S(=O)(=O)N2CCC(c3nccs3)CC2)ccc1C.